The molecule has 1 N–H and O–H groups in total. The summed E-state index contributed by atoms with van der Waals surface area (Å²) in [5.74, 6) is 0.726. The Kier molecular flexibility index (Phi) is 1.39. The lowest BCUT2D eigenvalue weighted by atomic mass is 10.5. The zero-order chi connectivity index (χ0) is 7.68. The normalized spacial score (nSPS) is 10.3. The van der Waals surface area contributed by atoms with Gasteiger partial charge < -0.3 is 5.32 Å². The van der Waals surface area contributed by atoms with Crippen LogP contribution in [0.3, 0.4) is 0 Å². The number of hydrogen-bond acceptors (Lipinski definition) is 6. The third kappa shape index (κ3) is 0.911. The van der Waals surface area contributed by atoms with E-state index in [1.165, 1.54) is 17.9 Å². The van der Waals surface area contributed by atoms with Gasteiger partial charge in [0.05, 0.1) is 0 Å². The molecule has 0 saturated carbocycles. The number of nitrogens with zero attached hydrogens (tertiary/aromatic N) is 4. The lowest BCUT2D eigenvalue weighted by Gasteiger charge is -1.95. The van der Waals surface area contributed by atoms with Crippen LogP contribution >= 0.6 is 11.5 Å². The van der Waals surface area contributed by atoms with Crippen LogP contribution in [0.25, 0.3) is 10.3 Å². The van der Waals surface area contributed by atoms with Gasteiger partial charge in [-0.2, -0.15) is 0 Å². The summed E-state index contributed by atoms with van der Waals surface area (Å²) < 4.78 is 3.76. The van der Waals surface area contributed by atoms with E-state index in [2.05, 4.69) is 24.9 Å². The molecule has 5 nitrogen and oxygen atoms in total. The number of anilines is 1. The standard InChI is InChI=1S/C5H5N5S/c1-6-4-3-5(8-2-7-4)11-10-9-3/h2H,1H3,(H,6,7,8). The summed E-state index contributed by atoms with van der Waals surface area (Å²) in [6.45, 7) is 0. The predicted octanol–water partition coefficient (Wildman–Crippen LogP) is 0.523. The van der Waals surface area contributed by atoms with Gasteiger partial charge in [0.1, 0.15) is 6.33 Å². The van der Waals surface area contributed by atoms with E-state index in [0.717, 1.165) is 16.2 Å². The number of nitrogens with one attached hydrogen (secondary N) is 1. The molecule has 0 unspecified atom stereocenters. The van der Waals surface area contributed by atoms with E-state index in [1.54, 1.807) is 7.05 Å². The third-order valence-electron chi connectivity index (χ3n) is 1.29. The number of aromatic nitrogens is 4. The van der Waals surface area contributed by atoms with Crippen molar-refractivity contribution in [2.75, 3.05) is 12.4 Å². The van der Waals surface area contributed by atoms with Crippen LogP contribution in [0.15, 0.2) is 6.33 Å². The summed E-state index contributed by atoms with van der Waals surface area (Å²) in [5.41, 5.74) is 0.736. The molecule has 0 spiro atoms. The SMILES string of the molecule is CNc1ncnc2snnc12. The first-order valence-corrected chi connectivity index (χ1v) is 3.80. The average Bonchev–Trinajstić information content (AvgIpc) is 2.50. The van der Waals surface area contributed by atoms with Gasteiger partial charge in [-0.3, -0.25) is 0 Å². The maximum atomic E-state index is 3.99. The van der Waals surface area contributed by atoms with Gasteiger partial charge in [-0.05, 0) is 0 Å². The number of rotatable bonds is 1. The minimum atomic E-state index is 0.726. The summed E-state index contributed by atoms with van der Waals surface area (Å²) in [4.78, 5) is 8.78. The molecule has 0 radical (unpaired) electrons. The highest BCUT2D eigenvalue weighted by molar-refractivity contribution is 7.12. The van der Waals surface area contributed by atoms with Crippen molar-refractivity contribution in [3.63, 3.8) is 0 Å². The molecule has 0 aliphatic rings. The molecule has 0 fully saturated rings. The second-order valence-electron chi connectivity index (χ2n) is 1.90. The average molecular weight is 167 g/mol. The molecule has 11 heavy (non-hydrogen) atoms. The minimum absolute atomic E-state index is 0.726. The Hall–Kier alpha value is -1.30. The van der Waals surface area contributed by atoms with Crippen molar-refractivity contribution in [2.24, 2.45) is 0 Å². The first kappa shape index (κ1) is 6.41. The van der Waals surface area contributed by atoms with Crippen LogP contribution in [0.5, 0.6) is 0 Å². The van der Waals surface area contributed by atoms with Crippen molar-refractivity contribution in [1.82, 2.24) is 19.6 Å². The van der Waals surface area contributed by atoms with Crippen molar-refractivity contribution in [2.45, 2.75) is 0 Å². The lowest BCUT2D eigenvalue weighted by molar-refractivity contribution is 1.16. The van der Waals surface area contributed by atoms with E-state index >= 15 is 0 Å². The smallest absolute Gasteiger partial charge is 0.169 e. The van der Waals surface area contributed by atoms with Crippen molar-refractivity contribution in [3.05, 3.63) is 6.33 Å². The fraction of sp³-hybridized carbons (Fsp3) is 0.200. The molecule has 0 amide bonds. The highest BCUT2D eigenvalue weighted by Crippen LogP contribution is 2.17. The molecule has 6 heteroatoms. The van der Waals surface area contributed by atoms with Crippen LogP contribution in [-0.2, 0) is 0 Å². The maximum absolute atomic E-state index is 3.99. The molecule has 2 rings (SSSR count). The van der Waals surface area contributed by atoms with E-state index in [-0.39, 0.29) is 0 Å². The van der Waals surface area contributed by atoms with Gasteiger partial charge in [0.2, 0.25) is 0 Å². The second-order valence-corrected chi connectivity index (χ2v) is 2.63. The molecule has 2 aromatic heterocycles. The first-order chi connectivity index (χ1) is 5.42. The summed E-state index contributed by atoms with van der Waals surface area (Å²) in [5, 5.41) is 6.78. The summed E-state index contributed by atoms with van der Waals surface area (Å²) in [6, 6.07) is 0. The zero-order valence-corrected chi connectivity index (χ0v) is 6.59. The Morgan fingerprint density at radius 3 is 3.18 bits per heavy atom. The molecule has 0 aliphatic carbocycles. The van der Waals surface area contributed by atoms with E-state index < -0.39 is 0 Å². The van der Waals surface area contributed by atoms with Crippen LogP contribution in [-0.4, -0.2) is 26.6 Å². The van der Waals surface area contributed by atoms with E-state index in [0.29, 0.717) is 0 Å². The first-order valence-electron chi connectivity index (χ1n) is 3.02. The molecule has 2 heterocycles. The molecule has 0 aromatic carbocycles. The quantitative estimate of drug-likeness (QED) is 0.671. The molecular weight excluding hydrogens is 162 g/mol. The molecule has 2 aromatic rings. The fourth-order valence-corrected chi connectivity index (χ4v) is 1.32. The molecule has 0 aliphatic heterocycles. The van der Waals surface area contributed by atoms with Gasteiger partial charge in [-0.25, -0.2) is 9.97 Å². The highest BCUT2D eigenvalue weighted by atomic mass is 32.1. The zero-order valence-electron chi connectivity index (χ0n) is 5.77. The van der Waals surface area contributed by atoms with Gasteiger partial charge >= 0.3 is 0 Å². The van der Waals surface area contributed by atoms with Crippen LogP contribution in [0.4, 0.5) is 5.82 Å². The van der Waals surface area contributed by atoms with Crippen LogP contribution in [0.1, 0.15) is 0 Å². The summed E-state index contributed by atoms with van der Waals surface area (Å²) in [7, 11) is 1.79. The molecule has 56 valence electrons. The Bertz CT molecular complexity index is 370. The van der Waals surface area contributed by atoms with Crippen molar-refractivity contribution in [3.8, 4) is 0 Å². The summed E-state index contributed by atoms with van der Waals surface area (Å²) >= 11 is 1.26. The van der Waals surface area contributed by atoms with Gasteiger partial charge in [0, 0.05) is 18.6 Å². The van der Waals surface area contributed by atoms with Crippen molar-refractivity contribution >= 4 is 27.7 Å². The van der Waals surface area contributed by atoms with Crippen LogP contribution in [0, 0.1) is 0 Å². The second kappa shape index (κ2) is 2.39. The lowest BCUT2D eigenvalue weighted by Crippen LogP contribution is -1.93. The Balaban J connectivity index is 2.79. The third-order valence-corrected chi connectivity index (χ3v) is 1.93. The number of fused-ring (bicyclic) bond motifs is 1. The van der Waals surface area contributed by atoms with Gasteiger partial charge in [0.25, 0.3) is 0 Å². The molecule has 0 bridgehead atoms. The minimum Gasteiger partial charge on any atom is -0.371 e. The Morgan fingerprint density at radius 1 is 1.45 bits per heavy atom. The monoisotopic (exact) mass is 167 g/mol. The van der Waals surface area contributed by atoms with Crippen molar-refractivity contribution < 1.29 is 0 Å². The molecule has 0 atom stereocenters. The maximum Gasteiger partial charge on any atom is 0.169 e. The van der Waals surface area contributed by atoms with E-state index in [9.17, 15) is 0 Å². The topological polar surface area (TPSA) is 63.6 Å². The predicted molar refractivity (Wildman–Crippen MR) is 42.6 cm³/mol. The highest BCUT2D eigenvalue weighted by Gasteiger charge is 2.04. The largest absolute Gasteiger partial charge is 0.371 e. The van der Waals surface area contributed by atoms with Gasteiger partial charge in [-0.15, -0.1) is 5.10 Å². The van der Waals surface area contributed by atoms with Gasteiger partial charge in [0.15, 0.2) is 16.2 Å². The Morgan fingerprint density at radius 2 is 2.36 bits per heavy atom. The van der Waals surface area contributed by atoms with Crippen molar-refractivity contribution in [1.29, 1.82) is 0 Å². The van der Waals surface area contributed by atoms with E-state index in [4.69, 9.17) is 0 Å². The molecular formula is C5H5N5S. The molecule has 0 saturated heterocycles. The van der Waals surface area contributed by atoms with Crippen LogP contribution < -0.4 is 5.32 Å². The Labute approximate surface area is 66.7 Å². The van der Waals surface area contributed by atoms with Crippen LogP contribution in [0.2, 0.25) is 0 Å². The number of hydrogen-bond donors (Lipinski definition) is 1. The van der Waals surface area contributed by atoms with Gasteiger partial charge in [-0.1, -0.05) is 4.49 Å². The fourth-order valence-electron chi connectivity index (χ4n) is 0.802. The summed E-state index contributed by atoms with van der Waals surface area (Å²) in [6.07, 6.45) is 1.49. The van der Waals surface area contributed by atoms with E-state index in [1.807, 2.05) is 0 Å².